The van der Waals surface area contributed by atoms with Crippen molar-refractivity contribution in [1.29, 1.82) is 5.26 Å². The highest BCUT2D eigenvalue weighted by atomic mass is 35.5. The summed E-state index contributed by atoms with van der Waals surface area (Å²) in [6.45, 7) is 1.48. The largest absolute Gasteiger partial charge is 0.507 e. The number of nitrogens with one attached hydrogen (secondary N) is 3. The molecule has 3 aromatic carbocycles. The van der Waals surface area contributed by atoms with Crippen LogP contribution < -0.4 is 16.0 Å². The summed E-state index contributed by atoms with van der Waals surface area (Å²) in [5, 5.41) is 30.4. The summed E-state index contributed by atoms with van der Waals surface area (Å²) in [7, 11) is 0. The minimum absolute atomic E-state index is 0.00455. The lowest BCUT2D eigenvalue weighted by Gasteiger charge is -2.23. The molecular formula is C32H28ClN5O3. The molecule has 1 aromatic heterocycles. The smallest absolute Gasteiger partial charge is 0.256 e. The highest BCUT2D eigenvalue weighted by Gasteiger charge is 2.20. The number of pyridine rings is 1. The number of hydrogen-bond acceptors (Lipinski definition) is 6. The van der Waals surface area contributed by atoms with Crippen molar-refractivity contribution in [2.45, 2.75) is 25.3 Å². The molecule has 1 atom stereocenters. The summed E-state index contributed by atoms with van der Waals surface area (Å²) in [6, 6.07) is 24.1. The highest BCUT2D eigenvalue weighted by Crippen LogP contribution is 2.35. The maximum absolute atomic E-state index is 13.1. The van der Waals surface area contributed by atoms with Crippen molar-refractivity contribution >= 4 is 29.2 Å². The van der Waals surface area contributed by atoms with Crippen molar-refractivity contribution in [3.8, 4) is 34.2 Å². The molecule has 206 valence electrons. The zero-order valence-electron chi connectivity index (χ0n) is 22.2. The van der Waals surface area contributed by atoms with E-state index in [2.05, 4.69) is 27.0 Å². The number of rotatable bonds is 7. The molecule has 1 saturated heterocycles. The van der Waals surface area contributed by atoms with Gasteiger partial charge in [-0.05, 0) is 79.5 Å². The number of amides is 2. The lowest BCUT2D eigenvalue weighted by Crippen LogP contribution is -2.43. The standard InChI is InChI=1S/C32H28ClN5O3/c33-23-13-11-20(12-14-23)32(41)38-30-27(18-34)26(17-28(37-30)25-9-1-2-10-29(25)39)21-6-5-7-22(16-21)31(40)36-19-24-8-3-4-15-35-24/h1-2,5-7,9-14,16-17,24,35,39H,3-4,8,15,19H2,(H,36,40)(H,37,38,41). The molecule has 4 aromatic rings. The Morgan fingerprint density at radius 2 is 1.78 bits per heavy atom. The van der Waals surface area contributed by atoms with Gasteiger partial charge < -0.3 is 21.1 Å². The Hall–Kier alpha value is -4.71. The SMILES string of the molecule is N#Cc1c(-c2cccc(C(=O)NCC3CCCCN3)c2)cc(-c2ccccc2O)nc1NC(=O)c1ccc(Cl)cc1. The Bertz CT molecular complexity index is 1630. The number of carbonyl (C=O) groups is 2. The van der Waals surface area contributed by atoms with Crippen molar-refractivity contribution in [3.63, 3.8) is 0 Å². The van der Waals surface area contributed by atoms with E-state index < -0.39 is 5.91 Å². The molecule has 9 heteroatoms. The second-order valence-electron chi connectivity index (χ2n) is 9.81. The van der Waals surface area contributed by atoms with Crippen LogP contribution in [0.1, 0.15) is 45.5 Å². The third kappa shape index (κ3) is 6.55. The molecule has 0 radical (unpaired) electrons. The fraction of sp³-hybridized carbons (Fsp3) is 0.188. The average molecular weight is 566 g/mol. The predicted octanol–water partition coefficient (Wildman–Crippen LogP) is 5.77. The summed E-state index contributed by atoms with van der Waals surface area (Å²) in [4.78, 5) is 30.7. The number of nitrogens with zero attached hydrogens (tertiary/aromatic N) is 2. The van der Waals surface area contributed by atoms with E-state index >= 15 is 0 Å². The zero-order valence-corrected chi connectivity index (χ0v) is 22.9. The lowest BCUT2D eigenvalue weighted by atomic mass is 9.96. The van der Waals surface area contributed by atoms with Crippen LogP contribution in [-0.2, 0) is 0 Å². The number of aromatic hydroxyl groups is 1. The van der Waals surface area contributed by atoms with Gasteiger partial charge in [0, 0.05) is 39.9 Å². The van der Waals surface area contributed by atoms with Crippen molar-refractivity contribution in [1.82, 2.24) is 15.6 Å². The van der Waals surface area contributed by atoms with Gasteiger partial charge in [-0.15, -0.1) is 0 Å². The number of benzene rings is 3. The number of nitriles is 1. The number of para-hydroxylation sites is 1. The lowest BCUT2D eigenvalue weighted by molar-refractivity contribution is 0.0947. The van der Waals surface area contributed by atoms with Crippen LogP contribution in [0.3, 0.4) is 0 Å². The van der Waals surface area contributed by atoms with Gasteiger partial charge in [0.1, 0.15) is 17.4 Å². The summed E-state index contributed by atoms with van der Waals surface area (Å²) in [5.41, 5.74) is 2.71. The molecule has 5 rings (SSSR count). The van der Waals surface area contributed by atoms with Crippen LogP contribution in [-0.4, -0.2) is 41.0 Å². The van der Waals surface area contributed by atoms with E-state index in [1.807, 2.05) is 0 Å². The topological polar surface area (TPSA) is 127 Å². The monoisotopic (exact) mass is 565 g/mol. The molecule has 0 bridgehead atoms. The third-order valence-electron chi connectivity index (χ3n) is 7.01. The molecule has 0 saturated carbocycles. The minimum atomic E-state index is -0.476. The second-order valence-corrected chi connectivity index (χ2v) is 10.2. The number of piperidine rings is 1. The Labute approximate surface area is 243 Å². The van der Waals surface area contributed by atoms with Gasteiger partial charge in [0.2, 0.25) is 0 Å². The van der Waals surface area contributed by atoms with Crippen LogP contribution in [0.25, 0.3) is 22.4 Å². The fourth-order valence-electron chi connectivity index (χ4n) is 4.83. The van der Waals surface area contributed by atoms with Gasteiger partial charge in [0.05, 0.1) is 5.69 Å². The molecule has 8 nitrogen and oxygen atoms in total. The number of anilines is 1. The average Bonchev–Trinajstić information content (AvgIpc) is 3.00. The molecule has 4 N–H and O–H groups in total. The van der Waals surface area contributed by atoms with E-state index in [0.717, 1.165) is 25.8 Å². The highest BCUT2D eigenvalue weighted by molar-refractivity contribution is 6.30. The first-order valence-corrected chi connectivity index (χ1v) is 13.7. The van der Waals surface area contributed by atoms with E-state index in [1.165, 1.54) is 6.07 Å². The van der Waals surface area contributed by atoms with Gasteiger partial charge >= 0.3 is 0 Å². The van der Waals surface area contributed by atoms with Gasteiger partial charge in [0.25, 0.3) is 11.8 Å². The molecule has 1 unspecified atom stereocenters. The van der Waals surface area contributed by atoms with Crippen molar-refractivity contribution in [2.24, 2.45) is 0 Å². The number of halogens is 1. The minimum Gasteiger partial charge on any atom is -0.507 e. The molecule has 2 amide bonds. The number of carbonyl (C=O) groups excluding carboxylic acids is 2. The van der Waals surface area contributed by atoms with Gasteiger partial charge in [0.15, 0.2) is 5.82 Å². The molecular weight excluding hydrogens is 538 g/mol. The molecule has 1 aliphatic heterocycles. The molecule has 41 heavy (non-hydrogen) atoms. The van der Waals surface area contributed by atoms with Crippen LogP contribution in [0, 0.1) is 11.3 Å². The summed E-state index contributed by atoms with van der Waals surface area (Å²) >= 11 is 5.97. The Balaban J connectivity index is 1.53. The Morgan fingerprint density at radius 3 is 2.51 bits per heavy atom. The van der Waals surface area contributed by atoms with Crippen LogP contribution in [0.15, 0.2) is 78.9 Å². The maximum Gasteiger partial charge on any atom is 0.256 e. The number of phenolic OH excluding ortho intramolecular Hbond substituents is 1. The Kier molecular flexibility index (Phi) is 8.59. The molecule has 0 aliphatic carbocycles. The molecule has 2 heterocycles. The van der Waals surface area contributed by atoms with Gasteiger partial charge in [-0.1, -0.05) is 42.3 Å². The van der Waals surface area contributed by atoms with Crippen molar-refractivity contribution in [2.75, 3.05) is 18.4 Å². The second kappa shape index (κ2) is 12.6. The molecule has 0 spiro atoms. The molecule has 1 aliphatic rings. The normalized spacial score (nSPS) is 14.6. The summed E-state index contributed by atoms with van der Waals surface area (Å²) in [5.74, 6) is -0.670. The Morgan fingerprint density at radius 1 is 0.976 bits per heavy atom. The molecule has 1 fully saturated rings. The quantitative estimate of drug-likeness (QED) is 0.225. The van der Waals surface area contributed by atoms with E-state index in [4.69, 9.17) is 11.6 Å². The fourth-order valence-corrected chi connectivity index (χ4v) is 4.96. The van der Waals surface area contributed by atoms with E-state index in [1.54, 1.807) is 72.8 Å². The van der Waals surface area contributed by atoms with Crippen LogP contribution in [0.2, 0.25) is 5.02 Å². The van der Waals surface area contributed by atoms with E-state index in [9.17, 15) is 20.0 Å². The van der Waals surface area contributed by atoms with Crippen LogP contribution in [0.4, 0.5) is 5.82 Å². The van der Waals surface area contributed by atoms with Gasteiger partial charge in [-0.2, -0.15) is 5.26 Å². The van der Waals surface area contributed by atoms with Crippen LogP contribution >= 0.6 is 11.6 Å². The third-order valence-corrected chi connectivity index (χ3v) is 7.26. The van der Waals surface area contributed by atoms with Gasteiger partial charge in [-0.25, -0.2) is 4.98 Å². The van der Waals surface area contributed by atoms with Crippen LogP contribution in [0.5, 0.6) is 5.75 Å². The first-order valence-electron chi connectivity index (χ1n) is 13.4. The van der Waals surface area contributed by atoms with Crippen molar-refractivity contribution in [3.05, 3.63) is 101 Å². The van der Waals surface area contributed by atoms with Gasteiger partial charge in [-0.3, -0.25) is 9.59 Å². The number of phenols is 1. The summed E-state index contributed by atoms with van der Waals surface area (Å²) < 4.78 is 0. The first kappa shape index (κ1) is 27.8. The first-order chi connectivity index (χ1) is 19.9. The predicted molar refractivity (Wildman–Crippen MR) is 159 cm³/mol. The number of aromatic nitrogens is 1. The maximum atomic E-state index is 13.1. The van der Waals surface area contributed by atoms with E-state index in [0.29, 0.717) is 45.1 Å². The zero-order chi connectivity index (χ0) is 28.8. The number of hydrogen-bond donors (Lipinski definition) is 4. The van der Waals surface area contributed by atoms with Crippen molar-refractivity contribution < 1.29 is 14.7 Å². The van der Waals surface area contributed by atoms with E-state index in [-0.39, 0.29) is 29.1 Å². The summed E-state index contributed by atoms with van der Waals surface area (Å²) in [6.07, 6.45) is 3.30.